The van der Waals surface area contributed by atoms with E-state index < -0.39 is 0 Å². The summed E-state index contributed by atoms with van der Waals surface area (Å²) in [4.78, 5) is 0. The second-order valence-electron chi connectivity index (χ2n) is 6.02. The van der Waals surface area contributed by atoms with E-state index in [9.17, 15) is 0 Å². The van der Waals surface area contributed by atoms with Crippen LogP contribution in [0.5, 0.6) is 0 Å². The molecular weight excluding hydrogens is 278 g/mol. The lowest BCUT2D eigenvalue weighted by Crippen LogP contribution is -2.19. The Bertz CT molecular complexity index is 604. The standard InChI is InChI=1S/C19H24ClN/c1-13(2)11-15-7-5-8-16(12-15)19(21-4)17-9-6-10-18(20)14(17)3/h5-10,12-13,19,21H,11H2,1-4H3. The summed E-state index contributed by atoms with van der Waals surface area (Å²) in [6, 6.07) is 15.1. The van der Waals surface area contributed by atoms with Crippen LogP contribution >= 0.6 is 11.6 Å². The van der Waals surface area contributed by atoms with E-state index in [1.165, 1.54) is 16.7 Å². The van der Waals surface area contributed by atoms with Crippen LogP contribution in [0.1, 0.15) is 42.1 Å². The molecule has 0 bridgehead atoms. The number of rotatable bonds is 5. The van der Waals surface area contributed by atoms with Crippen molar-refractivity contribution in [2.24, 2.45) is 5.92 Å². The molecule has 0 aliphatic carbocycles. The molecule has 0 aliphatic rings. The predicted octanol–water partition coefficient (Wildman–Crippen LogP) is 5.16. The third-order valence-electron chi connectivity index (χ3n) is 3.84. The molecule has 0 spiro atoms. The summed E-state index contributed by atoms with van der Waals surface area (Å²) in [5, 5.41) is 4.25. The first-order valence-electron chi connectivity index (χ1n) is 7.54. The number of nitrogens with one attached hydrogen (secondary N) is 1. The van der Waals surface area contributed by atoms with Crippen LogP contribution in [0.2, 0.25) is 5.02 Å². The summed E-state index contributed by atoms with van der Waals surface area (Å²) in [5.74, 6) is 0.668. The second-order valence-corrected chi connectivity index (χ2v) is 6.43. The Morgan fingerprint density at radius 2 is 1.81 bits per heavy atom. The van der Waals surface area contributed by atoms with Gasteiger partial charge in [-0.3, -0.25) is 0 Å². The highest BCUT2D eigenvalue weighted by molar-refractivity contribution is 6.31. The molecule has 0 saturated carbocycles. The molecule has 0 aliphatic heterocycles. The van der Waals surface area contributed by atoms with Gasteiger partial charge in [0.25, 0.3) is 0 Å². The fourth-order valence-corrected chi connectivity index (χ4v) is 2.99. The van der Waals surface area contributed by atoms with Crippen LogP contribution < -0.4 is 5.32 Å². The lowest BCUT2D eigenvalue weighted by molar-refractivity contribution is 0.642. The average Bonchev–Trinajstić information content (AvgIpc) is 2.44. The van der Waals surface area contributed by atoms with Crippen molar-refractivity contribution in [3.63, 3.8) is 0 Å². The average molecular weight is 302 g/mol. The monoisotopic (exact) mass is 301 g/mol. The number of hydrogen-bond acceptors (Lipinski definition) is 1. The molecule has 21 heavy (non-hydrogen) atoms. The molecule has 2 aromatic carbocycles. The first-order chi connectivity index (χ1) is 10.0. The molecule has 2 heteroatoms. The van der Waals surface area contributed by atoms with Crippen molar-refractivity contribution in [2.75, 3.05) is 7.05 Å². The second kappa shape index (κ2) is 7.11. The normalized spacial score (nSPS) is 12.7. The van der Waals surface area contributed by atoms with Gasteiger partial charge in [0.15, 0.2) is 0 Å². The van der Waals surface area contributed by atoms with Crippen LogP contribution in [0.25, 0.3) is 0 Å². The smallest absolute Gasteiger partial charge is 0.0577 e. The Kier molecular flexibility index (Phi) is 5.44. The first kappa shape index (κ1) is 16.1. The van der Waals surface area contributed by atoms with Gasteiger partial charge in [0.05, 0.1) is 6.04 Å². The van der Waals surface area contributed by atoms with Gasteiger partial charge in [-0.25, -0.2) is 0 Å². The van der Waals surface area contributed by atoms with E-state index in [0.29, 0.717) is 5.92 Å². The van der Waals surface area contributed by atoms with E-state index in [4.69, 9.17) is 11.6 Å². The van der Waals surface area contributed by atoms with Crippen LogP contribution in [-0.2, 0) is 6.42 Å². The van der Waals surface area contributed by atoms with E-state index in [1.54, 1.807) is 0 Å². The molecule has 0 radical (unpaired) electrons. The Morgan fingerprint density at radius 3 is 2.48 bits per heavy atom. The van der Waals surface area contributed by atoms with Crippen molar-refractivity contribution in [2.45, 2.75) is 33.2 Å². The van der Waals surface area contributed by atoms with Gasteiger partial charge in [0.2, 0.25) is 0 Å². The highest BCUT2D eigenvalue weighted by atomic mass is 35.5. The predicted molar refractivity (Wildman–Crippen MR) is 92.1 cm³/mol. The van der Waals surface area contributed by atoms with Gasteiger partial charge in [-0.2, -0.15) is 0 Å². The van der Waals surface area contributed by atoms with E-state index in [2.05, 4.69) is 56.4 Å². The molecule has 1 N–H and O–H groups in total. The van der Waals surface area contributed by atoms with Crippen molar-refractivity contribution in [3.05, 3.63) is 69.7 Å². The van der Waals surface area contributed by atoms with E-state index in [1.807, 2.05) is 19.2 Å². The lowest BCUT2D eigenvalue weighted by Gasteiger charge is -2.21. The van der Waals surface area contributed by atoms with E-state index in [0.717, 1.165) is 17.0 Å². The number of halogens is 1. The summed E-state index contributed by atoms with van der Waals surface area (Å²) < 4.78 is 0. The quantitative estimate of drug-likeness (QED) is 0.804. The van der Waals surface area contributed by atoms with Crippen molar-refractivity contribution in [1.82, 2.24) is 5.32 Å². The fraction of sp³-hybridized carbons (Fsp3) is 0.368. The largest absolute Gasteiger partial charge is 0.309 e. The Balaban J connectivity index is 2.39. The lowest BCUT2D eigenvalue weighted by atomic mass is 9.92. The molecule has 1 atom stereocenters. The summed E-state index contributed by atoms with van der Waals surface area (Å²) in [6.07, 6.45) is 1.11. The molecule has 112 valence electrons. The molecule has 2 aromatic rings. The minimum absolute atomic E-state index is 0.177. The van der Waals surface area contributed by atoms with Crippen molar-refractivity contribution >= 4 is 11.6 Å². The van der Waals surface area contributed by atoms with Gasteiger partial charge in [-0.15, -0.1) is 0 Å². The molecule has 0 amide bonds. The van der Waals surface area contributed by atoms with Gasteiger partial charge in [0.1, 0.15) is 0 Å². The zero-order valence-electron chi connectivity index (χ0n) is 13.3. The zero-order chi connectivity index (χ0) is 15.4. The number of hydrogen-bond donors (Lipinski definition) is 1. The van der Waals surface area contributed by atoms with Gasteiger partial charge < -0.3 is 5.32 Å². The van der Waals surface area contributed by atoms with Gasteiger partial charge in [0, 0.05) is 5.02 Å². The van der Waals surface area contributed by atoms with Crippen molar-refractivity contribution in [3.8, 4) is 0 Å². The van der Waals surface area contributed by atoms with Crippen molar-refractivity contribution in [1.29, 1.82) is 0 Å². The maximum Gasteiger partial charge on any atom is 0.0577 e. The summed E-state index contributed by atoms with van der Waals surface area (Å²) >= 11 is 6.27. The van der Waals surface area contributed by atoms with E-state index in [-0.39, 0.29) is 6.04 Å². The highest BCUT2D eigenvalue weighted by Crippen LogP contribution is 2.29. The van der Waals surface area contributed by atoms with Crippen LogP contribution in [0.15, 0.2) is 42.5 Å². The molecule has 0 heterocycles. The first-order valence-corrected chi connectivity index (χ1v) is 7.91. The van der Waals surface area contributed by atoms with Crippen LogP contribution in [-0.4, -0.2) is 7.05 Å². The molecular formula is C19H24ClN. The molecule has 1 unspecified atom stereocenters. The minimum Gasteiger partial charge on any atom is -0.309 e. The van der Waals surface area contributed by atoms with Crippen LogP contribution in [0.4, 0.5) is 0 Å². The van der Waals surface area contributed by atoms with Gasteiger partial charge >= 0.3 is 0 Å². The van der Waals surface area contributed by atoms with Crippen molar-refractivity contribution < 1.29 is 0 Å². The maximum atomic E-state index is 6.27. The van der Waals surface area contributed by atoms with Gasteiger partial charge in [-0.05, 0) is 54.6 Å². The Labute approximate surface area is 133 Å². The molecule has 0 fully saturated rings. The SMILES string of the molecule is CNC(c1cccc(CC(C)C)c1)c1cccc(Cl)c1C. The maximum absolute atomic E-state index is 6.27. The summed E-state index contributed by atoms with van der Waals surface area (Å²) in [7, 11) is 2.00. The highest BCUT2D eigenvalue weighted by Gasteiger charge is 2.15. The Hall–Kier alpha value is -1.31. The molecule has 2 rings (SSSR count). The summed E-state index contributed by atoms with van der Waals surface area (Å²) in [5.41, 5.74) is 5.07. The van der Waals surface area contributed by atoms with E-state index >= 15 is 0 Å². The fourth-order valence-electron chi connectivity index (χ4n) is 2.81. The third kappa shape index (κ3) is 3.87. The third-order valence-corrected chi connectivity index (χ3v) is 4.25. The van der Waals surface area contributed by atoms with Crippen LogP contribution in [0, 0.1) is 12.8 Å². The molecule has 0 saturated heterocycles. The summed E-state index contributed by atoms with van der Waals surface area (Å²) in [6.45, 7) is 6.59. The minimum atomic E-state index is 0.177. The Morgan fingerprint density at radius 1 is 1.10 bits per heavy atom. The number of benzene rings is 2. The van der Waals surface area contributed by atoms with Crippen LogP contribution in [0.3, 0.4) is 0 Å². The zero-order valence-corrected chi connectivity index (χ0v) is 14.0. The molecule has 0 aromatic heterocycles. The molecule has 1 nitrogen and oxygen atoms in total. The van der Waals surface area contributed by atoms with Gasteiger partial charge in [-0.1, -0.05) is 61.8 Å². The topological polar surface area (TPSA) is 12.0 Å².